The minimum absolute atomic E-state index is 0.0689. The molecule has 1 amide bonds. The number of carbonyl (C=O) groups excluding carboxylic acids is 1. The van der Waals surface area contributed by atoms with Crippen molar-refractivity contribution in [1.82, 2.24) is 5.32 Å². The van der Waals surface area contributed by atoms with Crippen LogP contribution in [0.25, 0.3) is 10.1 Å². The normalized spacial score (nSPS) is 14.1. The number of nitrogens with one attached hydrogen (secondary N) is 1. The van der Waals surface area contributed by atoms with Crippen molar-refractivity contribution in [3.63, 3.8) is 0 Å². The molecule has 5 heteroatoms. The summed E-state index contributed by atoms with van der Waals surface area (Å²) in [5.74, 6) is 0.539. The molecule has 0 fully saturated rings. The van der Waals surface area contributed by atoms with Gasteiger partial charge in [0.05, 0.1) is 5.69 Å². The summed E-state index contributed by atoms with van der Waals surface area (Å²) in [4.78, 5) is 13.0. The summed E-state index contributed by atoms with van der Waals surface area (Å²) in [5, 5.41) is 4.00. The first-order valence-corrected chi connectivity index (χ1v) is 8.81. The lowest BCUT2D eigenvalue weighted by molar-refractivity contribution is 0.0940. The Balaban J connectivity index is 2.18. The summed E-state index contributed by atoms with van der Waals surface area (Å²) < 4.78 is 2.02. The quantitative estimate of drug-likeness (QED) is 0.795. The van der Waals surface area contributed by atoms with Gasteiger partial charge in [0.25, 0.3) is 5.91 Å². The Bertz CT molecular complexity index is 653. The summed E-state index contributed by atoms with van der Waals surface area (Å²) in [6.07, 6.45) is 2.11. The van der Waals surface area contributed by atoms with Gasteiger partial charge in [0.2, 0.25) is 0 Å². The van der Waals surface area contributed by atoms with Crippen molar-refractivity contribution in [2.75, 3.05) is 5.73 Å². The topological polar surface area (TPSA) is 55.1 Å². The highest BCUT2D eigenvalue weighted by molar-refractivity contribution is 9.10. The van der Waals surface area contributed by atoms with Crippen molar-refractivity contribution in [3.05, 3.63) is 27.5 Å². The summed E-state index contributed by atoms with van der Waals surface area (Å²) in [6.45, 7) is 6.42. The fourth-order valence-corrected chi connectivity index (χ4v) is 3.96. The third-order valence-corrected chi connectivity index (χ3v) is 5.39. The maximum absolute atomic E-state index is 12.4. The SMILES string of the molecule is CCC(C)CC(C)NC(=O)c1sc2cc(Br)ccc2c1N. The predicted octanol–water partition coefficient (Wildman–Crippen LogP) is 4.80. The van der Waals surface area contributed by atoms with E-state index in [1.165, 1.54) is 11.3 Å². The smallest absolute Gasteiger partial charge is 0.263 e. The molecule has 0 radical (unpaired) electrons. The molecule has 2 unspecified atom stereocenters. The molecule has 114 valence electrons. The first-order chi connectivity index (χ1) is 9.92. The lowest BCUT2D eigenvalue weighted by Gasteiger charge is -2.17. The molecular weight excluding hydrogens is 348 g/mol. The van der Waals surface area contributed by atoms with Gasteiger partial charge in [-0.05, 0) is 31.4 Å². The summed E-state index contributed by atoms with van der Waals surface area (Å²) in [7, 11) is 0. The van der Waals surface area contributed by atoms with Gasteiger partial charge < -0.3 is 11.1 Å². The molecule has 0 saturated heterocycles. The van der Waals surface area contributed by atoms with Crippen LogP contribution in [0, 0.1) is 5.92 Å². The fourth-order valence-electron chi connectivity index (χ4n) is 2.38. The van der Waals surface area contributed by atoms with E-state index in [4.69, 9.17) is 5.73 Å². The molecule has 1 aromatic carbocycles. The van der Waals surface area contributed by atoms with Crippen LogP contribution in [-0.4, -0.2) is 11.9 Å². The number of carbonyl (C=O) groups is 1. The van der Waals surface area contributed by atoms with E-state index in [1.807, 2.05) is 25.1 Å². The molecule has 21 heavy (non-hydrogen) atoms. The molecule has 0 bridgehead atoms. The van der Waals surface area contributed by atoms with Crippen molar-refractivity contribution in [1.29, 1.82) is 0 Å². The highest BCUT2D eigenvalue weighted by atomic mass is 79.9. The van der Waals surface area contributed by atoms with Gasteiger partial charge >= 0.3 is 0 Å². The second-order valence-electron chi connectivity index (χ2n) is 5.61. The summed E-state index contributed by atoms with van der Waals surface area (Å²) >= 11 is 4.89. The number of fused-ring (bicyclic) bond motifs is 1. The molecular formula is C16H21BrN2OS. The van der Waals surface area contributed by atoms with Gasteiger partial charge in [0, 0.05) is 20.6 Å². The molecule has 0 aliphatic rings. The zero-order valence-electron chi connectivity index (χ0n) is 12.6. The van der Waals surface area contributed by atoms with E-state index in [1.54, 1.807) is 0 Å². The molecule has 2 aromatic rings. The molecule has 0 saturated carbocycles. The maximum Gasteiger partial charge on any atom is 0.263 e. The van der Waals surface area contributed by atoms with Gasteiger partial charge in [0.1, 0.15) is 4.88 Å². The van der Waals surface area contributed by atoms with Gasteiger partial charge in [-0.2, -0.15) is 0 Å². The van der Waals surface area contributed by atoms with Gasteiger partial charge in [-0.3, -0.25) is 4.79 Å². The molecule has 3 N–H and O–H groups in total. The van der Waals surface area contributed by atoms with Crippen LogP contribution in [0.3, 0.4) is 0 Å². The van der Waals surface area contributed by atoms with Crippen LogP contribution in [0.2, 0.25) is 0 Å². The van der Waals surface area contributed by atoms with Gasteiger partial charge in [-0.25, -0.2) is 0 Å². The number of anilines is 1. The number of nitrogens with two attached hydrogens (primary N) is 1. The van der Waals surface area contributed by atoms with E-state index in [9.17, 15) is 4.79 Å². The lowest BCUT2D eigenvalue weighted by atomic mass is 10.0. The Labute approximate surface area is 138 Å². The Hall–Kier alpha value is -1.07. The zero-order chi connectivity index (χ0) is 15.6. The predicted molar refractivity (Wildman–Crippen MR) is 94.9 cm³/mol. The van der Waals surface area contributed by atoms with E-state index in [0.717, 1.165) is 27.4 Å². The van der Waals surface area contributed by atoms with Crippen molar-refractivity contribution in [3.8, 4) is 0 Å². The lowest BCUT2D eigenvalue weighted by Crippen LogP contribution is -2.33. The van der Waals surface area contributed by atoms with E-state index >= 15 is 0 Å². The Kier molecular flexibility index (Phi) is 5.27. The first kappa shape index (κ1) is 16.3. The van der Waals surface area contributed by atoms with Crippen molar-refractivity contribution < 1.29 is 4.79 Å². The molecule has 0 spiro atoms. The number of hydrogen-bond donors (Lipinski definition) is 2. The molecule has 3 nitrogen and oxygen atoms in total. The summed E-state index contributed by atoms with van der Waals surface area (Å²) in [6, 6.07) is 6.04. The second kappa shape index (κ2) is 6.79. The number of benzene rings is 1. The number of thiophene rings is 1. The van der Waals surface area contributed by atoms with Crippen LogP contribution >= 0.6 is 27.3 Å². The number of rotatable bonds is 5. The van der Waals surface area contributed by atoms with E-state index < -0.39 is 0 Å². The standard InChI is InChI=1S/C16H21BrN2OS/c1-4-9(2)7-10(3)19-16(20)15-14(18)12-6-5-11(17)8-13(12)21-15/h5-6,8-10H,4,7,18H2,1-3H3,(H,19,20). The Morgan fingerprint density at radius 1 is 1.43 bits per heavy atom. The first-order valence-electron chi connectivity index (χ1n) is 7.20. The van der Waals surface area contributed by atoms with Gasteiger partial charge in [-0.15, -0.1) is 11.3 Å². The highest BCUT2D eigenvalue weighted by Gasteiger charge is 2.18. The molecule has 0 aliphatic heterocycles. The minimum Gasteiger partial charge on any atom is -0.397 e. The fraction of sp³-hybridized carbons (Fsp3) is 0.438. The number of nitrogen functional groups attached to an aromatic ring is 1. The van der Waals surface area contributed by atoms with Gasteiger partial charge in [-0.1, -0.05) is 42.3 Å². The summed E-state index contributed by atoms with van der Waals surface area (Å²) in [5.41, 5.74) is 6.71. The third-order valence-electron chi connectivity index (χ3n) is 3.73. The second-order valence-corrected chi connectivity index (χ2v) is 7.58. The van der Waals surface area contributed by atoms with Crippen LogP contribution in [0.1, 0.15) is 43.3 Å². The maximum atomic E-state index is 12.4. The zero-order valence-corrected chi connectivity index (χ0v) is 15.0. The van der Waals surface area contributed by atoms with Crippen LogP contribution in [-0.2, 0) is 0 Å². The van der Waals surface area contributed by atoms with Crippen LogP contribution in [0.15, 0.2) is 22.7 Å². The third kappa shape index (κ3) is 3.77. The van der Waals surface area contributed by atoms with Crippen molar-refractivity contribution in [2.24, 2.45) is 5.92 Å². The van der Waals surface area contributed by atoms with Crippen molar-refractivity contribution >= 4 is 48.9 Å². The van der Waals surface area contributed by atoms with Crippen LogP contribution in [0.4, 0.5) is 5.69 Å². The number of halogens is 1. The minimum atomic E-state index is -0.0689. The average molecular weight is 369 g/mol. The highest BCUT2D eigenvalue weighted by Crippen LogP contribution is 2.35. The van der Waals surface area contributed by atoms with E-state index in [0.29, 0.717) is 16.5 Å². The largest absolute Gasteiger partial charge is 0.397 e. The van der Waals surface area contributed by atoms with E-state index in [2.05, 4.69) is 35.1 Å². The van der Waals surface area contributed by atoms with Gasteiger partial charge in [0.15, 0.2) is 0 Å². The Morgan fingerprint density at radius 3 is 2.81 bits per heavy atom. The molecule has 0 aliphatic carbocycles. The van der Waals surface area contributed by atoms with E-state index in [-0.39, 0.29) is 11.9 Å². The molecule has 2 rings (SSSR count). The average Bonchev–Trinajstić information content (AvgIpc) is 2.75. The number of amides is 1. The molecule has 2 atom stereocenters. The Morgan fingerprint density at radius 2 is 2.14 bits per heavy atom. The van der Waals surface area contributed by atoms with Crippen LogP contribution < -0.4 is 11.1 Å². The monoisotopic (exact) mass is 368 g/mol. The molecule has 1 heterocycles. The van der Waals surface area contributed by atoms with Crippen molar-refractivity contribution in [2.45, 2.75) is 39.7 Å². The number of hydrogen-bond acceptors (Lipinski definition) is 3. The van der Waals surface area contributed by atoms with Crippen LogP contribution in [0.5, 0.6) is 0 Å². The molecule has 1 aromatic heterocycles.